The molecular formula is C20H23FN2O4. The Morgan fingerprint density at radius 1 is 1.22 bits per heavy atom. The highest BCUT2D eigenvalue weighted by Crippen LogP contribution is 2.46. The van der Waals surface area contributed by atoms with Crippen LogP contribution in [-0.2, 0) is 25.7 Å². The van der Waals surface area contributed by atoms with Gasteiger partial charge in [0.15, 0.2) is 0 Å². The summed E-state index contributed by atoms with van der Waals surface area (Å²) in [6, 6.07) is 6.17. The summed E-state index contributed by atoms with van der Waals surface area (Å²) in [5.41, 5.74) is 0.0680. The third-order valence-corrected chi connectivity index (χ3v) is 5.96. The van der Waals surface area contributed by atoms with E-state index in [-0.39, 0.29) is 36.6 Å². The number of halogens is 1. The minimum absolute atomic E-state index is 0.00504. The molecule has 3 aliphatic rings. The largest absolute Gasteiger partial charge is 0.458 e. The van der Waals surface area contributed by atoms with Gasteiger partial charge in [-0.1, -0.05) is 12.1 Å². The van der Waals surface area contributed by atoms with Crippen LogP contribution in [0.25, 0.3) is 0 Å². The van der Waals surface area contributed by atoms with Crippen LogP contribution in [0.15, 0.2) is 24.3 Å². The Morgan fingerprint density at radius 3 is 2.70 bits per heavy atom. The maximum atomic E-state index is 13.3. The van der Waals surface area contributed by atoms with E-state index < -0.39 is 11.5 Å². The van der Waals surface area contributed by atoms with Gasteiger partial charge in [0.2, 0.25) is 11.8 Å². The molecule has 1 spiro atoms. The minimum atomic E-state index is -0.657. The predicted octanol–water partition coefficient (Wildman–Crippen LogP) is 1.87. The lowest BCUT2D eigenvalue weighted by molar-refractivity contribution is -0.155. The fourth-order valence-electron chi connectivity index (χ4n) is 4.57. The number of hydrogen-bond donors (Lipinski definition) is 0. The van der Waals surface area contributed by atoms with Gasteiger partial charge in [0.1, 0.15) is 11.4 Å². The fraction of sp³-hybridized carbons (Fsp3) is 0.550. The number of carbonyl (C=O) groups is 3. The highest BCUT2D eigenvalue weighted by Gasteiger charge is 2.55. The Morgan fingerprint density at radius 2 is 2.00 bits per heavy atom. The van der Waals surface area contributed by atoms with Crippen molar-refractivity contribution in [1.82, 2.24) is 9.80 Å². The highest BCUT2D eigenvalue weighted by atomic mass is 19.1. The summed E-state index contributed by atoms with van der Waals surface area (Å²) in [6.07, 6.45) is 3.47. The molecule has 1 aromatic carbocycles. The summed E-state index contributed by atoms with van der Waals surface area (Å²) in [6.45, 7) is 1.14. The van der Waals surface area contributed by atoms with Crippen molar-refractivity contribution >= 4 is 17.8 Å². The Balaban J connectivity index is 1.41. The van der Waals surface area contributed by atoms with Crippen LogP contribution < -0.4 is 0 Å². The summed E-state index contributed by atoms with van der Waals surface area (Å²) in [7, 11) is 0. The molecule has 2 aliphatic heterocycles. The molecule has 2 heterocycles. The van der Waals surface area contributed by atoms with E-state index in [1.807, 2.05) is 0 Å². The molecule has 2 saturated heterocycles. The second-order valence-corrected chi connectivity index (χ2v) is 7.71. The summed E-state index contributed by atoms with van der Waals surface area (Å²) < 4.78 is 18.9. The number of ether oxygens (including phenoxy) is 1. The normalized spacial score (nSPS) is 24.6. The van der Waals surface area contributed by atoms with Crippen LogP contribution in [0, 0.1) is 11.7 Å². The zero-order chi connectivity index (χ0) is 19.0. The van der Waals surface area contributed by atoms with Gasteiger partial charge in [-0.25, -0.2) is 4.39 Å². The molecule has 4 rings (SSSR count). The van der Waals surface area contributed by atoms with E-state index in [2.05, 4.69) is 0 Å². The number of benzene rings is 1. The van der Waals surface area contributed by atoms with Gasteiger partial charge in [-0.15, -0.1) is 0 Å². The van der Waals surface area contributed by atoms with Crippen LogP contribution in [-0.4, -0.2) is 52.8 Å². The van der Waals surface area contributed by atoms with Crippen molar-refractivity contribution in [3.8, 4) is 0 Å². The lowest BCUT2D eigenvalue weighted by Gasteiger charge is -2.37. The Labute approximate surface area is 157 Å². The third kappa shape index (κ3) is 3.42. The van der Waals surface area contributed by atoms with Crippen LogP contribution in [0.4, 0.5) is 4.39 Å². The Hall–Kier alpha value is -2.44. The SMILES string of the molecule is O=C1C[C@@H](C(=O)N2CCN(Cc3cccc(F)c3)C(=O)C2)C2(CCCC2)O1. The number of piperazine rings is 1. The number of hydrogen-bond acceptors (Lipinski definition) is 4. The van der Waals surface area contributed by atoms with E-state index in [4.69, 9.17) is 4.74 Å². The van der Waals surface area contributed by atoms with Crippen LogP contribution in [0.1, 0.15) is 37.7 Å². The molecule has 1 aliphatic carbocycles. The number of carbonyl (C=O) groups excluding carboxylic acids is 3. The van der Waals surface area contributed by atoms with E-state index in [1.54, 1.807) is 21.9 Å². The van der Waals surface area contributed by atoms with Crippen LogP contribution in [0.2, 0.25) is 0 Å². The molecule has 0 radical (unpaired) electrons. The summed E-state index contributed by atoms with van der Waals surface area (Å²) >= 11 is 0. The van der Waals surface area contributed by atoms with Crippen molar-refractivity contribution in [2.24, 2.45) is 5.92 Å². The quantitative estimate of drug-likeness (QED) is 0.758. The van der Waals surface area contributed by atoms with E-state index in [0.717, 1.165) is 31.2 Å². The van der Waals surface area contributed by atoms with Gasteiger partial charge in [-0.2, -0.15) is 0 Å². The summed E-state index contributed by atoms with van der Waals surface area (Å²) in [5, 5.41) is 0. The standard InChI is InChI=1S/C20H23FN2O4/c21-15-5-3-4-14(10-15)12-22-8-9-23(13-17(22)24)19(26)16-11-18(25)27-20(16)6-1-2-7-20/h3-5,10,16H,1-2,6-9,11-13H2/t16-/m0/s1. The molecule has 0 aromatic heterocycles. The Kier molecular flexibility index (Phi) is 4.61. The molecule has 144 valence electrons. The molecule has 1 aromatic rings. The fourth-order valence-corrected chi connectivity index (χ4v) is 4.57. The van der Waals surface area contributed by atoms with Gasteiger partial charge in [-0.05, 0) is 43.4 Å². The molecule has 7 heteroatoms. The molecule has 0 N–H and O–H groups in total. The number of rotatable bonds is 3. The topological polar surface area (TPSA) is 66.9 Å². The van der Waals surface area contributed by atoms with Gasteiger partial charge >= 0.3 is 5.97 Å². The Bertz CT molecular complexity index is 775. The monoisotopic (exact) mass is 374 g/mol. The van der Waals surface area contributed by atoms with Crippen molar-refractivity contribution in [2.45, 2.75) is 44.2 Å². The van der Waals surface area contributed by atoms with Crippen molar-refractivity contribution < 1.29 is 23.5 Å². The lowest BCUT2D eigenvalue weighted by atomic mass is 9.84. The van der Waals surface area contributed by atoms with Gasteiger partial charge in [0.05, 0.1) is 18.9 Å². The first-order valence-corrected chi connectivity index (χ1v) is 9.50. The average molecular weight is 374 g/mol. The molecule has 1 atom stereocenters. The smallest absolute Gasteiger partial charge is 0.307 e. The zero-order valence-electron chi connectivity index (χ0n) is 15.2. The lowest BCUT2D eigenvalue weighted by Crippen LogP contribution is -2.55. The maximum Gasteiger partial charge on any atom is 0.307 e. The van der Waals surface area contributed by atoms with Gasteiger partial charge in [0, 0.05) is 19.6 Å². The average Bonchev–Trinajstić information content (AvgIpc) is 3.23. The molecule has 6 nitrogen and oxygen atoms in total. The molecule has 3 fully saturated rings. The molecule has 27 heavy (non-hydrogen) atoms. The second kappa shape index (κ2) is 6.94. The number of esters is 1. The van der Waals surface area contributed by atoms with E-state index in [9.17, 15) is 18.8 Å². The zero-order valence-corrected chi connectivity index (χ0v) is 15.2. The predicted molar refractivity (Wildman–Crippen MR) is 93.8 cm³/mol. The molecule has 1 saturated carbocycles. The van der Waals surface area contributed by atoms with Crippen LogP contribution in [0.5, 0.6) is 0 Å². The van der Waals surface area contributed by atoms with E-state index in [1.165, 1.54) is 12.1 Å². The van der Waals surface area contributed by atoms with Crippen molar-refractivity contribution in [3.63, 3.8) is 0 Å². The summed E-state index contributed by atoms with van der Waals surface area (Å²) in [5.74, 6) is -1.44. The first kappa shape index (κ1) is 17.9. The van der Waals surface area contributed by atoms with Crippen molar-refractivity contribution in [2.75, 3.05) is 19.6 Å². The van der Waals surface area contributed by atoms with Crippen LogP contribution >= 0.6 is 0 Å². The van der Waals surface area contributed by atoms with E-state index in [0.29, 0.717) is 19.6 Å². The second-order valence-electron chi connectivity index (χ2n) is 7.71. The first-order valence-electron chi connectivity index (χ1n) is 9.50. The minimum Gasteiger partial charge on any atom is -0.458 e. The molecular weight excluding hydrogens is 351 g/mol. The van der Waals surface area contributed by atoms with Crippen molar-refractivity contribution in [3.05, 3.63) is 35.6 Å². The number of amides is 2. The third-order valence-electron chi connectivity index (χ3n) is 5.96. The van der Waals surface area contributed by atoms with Gasteiger partial charge < -0.3 is 14.5 Å². The van der Waals surface area contributed by atoms with Crippen molar-refractivity contribution in [1.29, 1.82) is 0 Å². The highest BCUT2D eigenvalue weighted by molar-refractivity contribution is 5.91. The molecule has 2 amide bonds. The van der Waals surface area contributed by atoms with Gasteiger partial charge in [0.25, 0.3) is 0 Å². The summed E-state index contributed by atoms with van der Waals surface area (Å²) in [4.78, 5) is 40.6. The van der Waals surface area contributed by atoms with Gasteiger partial charge in [-0.3, -0.25) is 14.4 Å². The maximum absolute atomic E-state index is 13.3. The first-order chi connectivity index (χ1) is 13.0. The van der Waals surface area contributed by atoms with Crippen LogP contribution in [0.3, 0.4) is 0 Å². The molecule has 0 unspecified atom stereocenters. The van der Waals surface area contributed by atoms with E-state index >= 15 is 0 Å². The number of nitrogens with zero attached hydrogens (tertiary/aromatic N) is 2. The molecule has 0 bridgehead atoms.